The fourth-order valence-electron chi connectivity index (χ4n) is 3.72. The van der Waals surface area contributed by atoms with Crippen molar-refractivity contribution in [3.8, 4) is 5.75 Å². The van der Waals surface area contributed by atoms with Gasteiger partial charge in [0.1, 0.15) is 11.4 Å². The van der Waals surface area contributed by atoms with Crippen molar-refractivity contribution in [2.24, 2.45) is 0 Å². The molecule has 0 bridgehead atoms. The van der Waals surface area contributed by atoms with Crippen LogP contribution in [0.1, 0.15) is 36.5 Å². The summed E-state index contributed by atoms with van der Waals surface area (Å²) in [5, 5.41) is 2.07. The molecule has 0 radical (unpaired) electrons. The Labute approximate surface area is 135 Å². The highest BCUT2D eigenvalue weighted by Gasteiger charge is 2.43. The Morgan fingerprint density at radius 2 is 1.87 bits per heavy atom. The predicted octanol–water partition coefficient (Wildman–Crippen LogP) is 3.19. The topological polar surface area (TPSA) is 46.6 Å². The van der Waals surface area contributed by atoms with Gasteiger partial charge in [-0.3, -0.25) is 9.59 Å². The summed E-state index contributed by atoms with van der Waals surface area (Å²) in [6, 6.07) is 11.8. The van der Waals surface area contributed by atoms with E-state index in [4.69, 9.17) is 4.74 Å². The molecule has 0 unspecified atom stereocenters. The molecule has 0 aromatic heterocycles. The van der Waals surface area contributed by atoms with Gasteiger partial charge in [-0.1, -0.05) is 30.3 Å². The van der Waals surface area contributed by atoms with Crippen molar-refractivity contribution in [3.05, 3.63) is 42.0 Å². The minimum absolute atomic E-state index is 0.0906. The number of fused-ring (bicyclic) bond motifs is 3. The molecule has 4 rings (SSSR count). The SMILES string of the molecule is CC(=O)N1CCC2(CC1)CC(=O)c1ccc3ccccc3c1O2. The lowest BCUT2D eigenvalue weighted by atomic mass is 9.82. The van der Waals surface area contributed by atoms with Gasteiger partial charge in [0.05, 0.1) is 12.0 Å². The highest BCUT2D eigenvalue weighted by molar-refractivity contribution is 6.06. The molecule has 2 heterocycles. The first-order chi connectivity index (χ1) is 11.1. The Bertz CT molecular complexity index is 803. The number of carbonyl (C=O) groups excluding carboxylic acids is 2. The summed E-state index contributed by atoms with van der Waals surface area (Å²) in [5.41, 5.74) is 0.225. The number of carbonyl (C=O) groups is 2. The Kier molecular flexibility index (Phi) is 3.15. The summed E-state index contributed by atoms with van der Waals surface area (Å²) in [6.45, 7) is 2.90. The zero-order chi connectivity index (χ0) is 16.0. The van der Waals surface area contributed by atoms with Crippen LogP contribution in [-0.4, -0.2) is 35.3 Å². The van der Waals surface area contributed by atoms with E-state index in [0.29, 0.717) is 37.9 Å². The molecule has 4 heteroatoms. The van der Waals surface area contributed by atoms with Gasteiger partial charge in [0, 0.05) is 38.2 Å². The molecule has 2 aromatic carbocycles. The quantitative estimate of drug-likeness (QED) is 0.751. The number of ketones is 1. The molecule has 1 spiro atoms. The molecule has 23 heavy (non-hydrogen) atoms. The average molecular weight is 309 g/mol. The summed E-state index contributed by atoms with van der Waals surface area (Å²) < 4.78 is 6.41. The number of Topliss-reactive ketones (excluding diaryl/α,β-unsaturated/α-hetero) is 1. The fraction of sp³-hybridized carbons (Fsp3) is 0.368. The summed E-state index contributed by atoms with van der Waals surface area (Å²) >= 11 is 0. The maximum Gasteiger partial charge on any atom is 0.219 e. The number of benzene rings is 2. The second-order valence-corrected chi connectivity index (χ2v) is 6.55. The molecule has 2 aromatic rings. The van der Waals surface area contributed by atoms with Gasteiger partial charge < -0.3 is 9.64 Å². The number of ether oxygens (including phenoxy) is 1. The third-order valence-corrected chi connectivity index (χ3v) is 5.10. The lowest BCUT2D eigenvalue weighted by molar-refractivity contribution is -0.132. The van der Waals surface area contributed by atoms with Gasteiger partial charge in [-0.2, -0.15) is 0 Å². The van der Waals surface area contributed by atoms with Gasteiger partial charge in [-0.25, -0.2) is 0 Å². The highest BCUT2D eigenvalue weighted by atomic mass is 16.5. The molecule has 1 fully saturated rings. The van der Waals surface area contributed by atoms with Crippen LogP contribution < -0.4 is 4.74 Å². The van der Waals surface area contributed by atoms with E-state index in [1.165, 1.54) is 0 Å². The molecule has 0 N–H and O–H groups in total. The summed E-state index contributed by atoms with van der Waals surface area (Å²) in [4.78, 5) is 26.0. The van der Waals surface area contributed by atoms with Crippen molar-refractivity contribution < 1.29 is 14.3 Å². The second kappa shape index (κ2) is 5.08. The van der Waals surface area contributed by atoms with Gasteiger partial charge in [0.25, 0.3) is 0 Å². The Morgan fingerprint density at radius 3 is 2.61 bits per heavy atom. The van der Waals surface area contributed by atoms with Crippen LogP contribution in [0.25, 0.3) is 10.8 Å². The molecule has 2 aliphatic heterocycles. The molecule has 0 atom stereocenters. The molecule has 1 saturated heterocycles. The summed E-state index contributed by atoms with van der Waals surface area (Å²) in [7, 11) is 0. The van der Waals surface area contributed by atoms with E-state index in [2.05, 4.69) is 0 Å². The molecule has 0 aliphatic carbocycles. The van der Waals surface area contributed by atoms with Crippen LogP contribution in [0.15, 0.2) is 36.4 Å². The average Bonchev–Trinajstić information content (AvgIpc) is 2.55. The van der Waals surface area contributed by atoms with E-state index in [1.54, 1.807) is 6.92 Å². The third-order valence-electron chi connectivity index (χ3n) is 5.10. The summed E-state index contributed by atoms with van der Waals surface area (Å²) in [5.74, 6) is 0.955. The van der Waals surface area contributed by atoms with Gasteiger partial charge in [0.2, 0.25) is 5.91 Å². The van der Waals surface area contributed by atoms with E-state index in [1.807, 2.05) is 41.3 Å². The van der Waals surface area contributed by atoms with Crippen molar-refractivity contribution in [1.29, 1.82) is 0 Å². The van der Waals surface area contributed by atoms with Crippen molar-refractivity contribution in [2.75, 3.05) is 13.1 Å². The zero-order valence-electron chi connectivity index (χ0n) is 13.2. The van der Waals surface area contributed by atoms with Crippen molar-refractivity contribution >= 4 is 22.5 Å². The van der Waals surface area contributed by atoms with E-state index in [-0.39, 0.29) is 11.7 Å². The van der Waals surface area contributed by atoms with Crippen LogP contribution in [0.5, 0.6) is 5.75 Å². The van der Waals surface area contributed by atoms with Crippen molar-refractivity contribution in [2.45, 2.75) is 31.8 Å². The molecule has 1 amide bonds. The summed E-state index contributed by atoms with van der Waals surface area (Å²) in [6.07, 6.45) is 1.83. The molecule has 0 saturated carbocycles. The lowest BCUT2D eigenvalue weighted by Gasteiger charge is -2.44. The van der Waals surface area contributed by atoms with Crippen molar-refractivity contribution in [1.82, 2.24) is 4.90 Å². The van der Waals surface area contributed by atoms with Crippen LogP contribution in [0.2, 0.25) is 0 Å². The third kappa shape index (κ3) is 2.29. The number of likely N-dealkylation sites (tertiary alicyclic amines) is 1. The number of hydrogen-bond acceptors (Lipinski definition) is 3. The van der Waals surface area contributed by atoms with Crippen LogP contribution in [0.4, 0.5) is 0 Å². The van der Waals surface area contributed by atoms with Crippen LogP contribution >= 0.6 is 0 Å². The largest absolute Gasteiger partial charge is 0.485 e. The minimum atomic E-state index is -0.458. The van der Waals surface area contributed by atoms with Gasteiger partial charge in [-0.15, -0.1) is 0 Å². The van der Waals surface area contributed by atoms with E-state index in [0.717, 1.165) is 16.5 Å². The molecule has 4 nitrogen and oxygen atoms in total. The maximum atomic E-state index is 12.7. The monoisotopic (exact) mass is 309 g/mol. The predicted molar refractivity (Wildman–Crippen MR) is 87.7 cm³/mol. The van der Waals surface area contributed by atoms with Gasteiger partial charge in [0.15, 0.2) is 5.78 Å². The van der Waals surface area contributed by atoms with Crippen molar-refractivity contribution in [3.63, 3.8) is 0 Å². The van der Waals surface area contributed by atoms with Crippen LogP contribution in [-0.2, 0) is 4.79 Å². The Hall–Kier alpha value is -2.36. The van der Waals surface area contributed by atoms with Crippen LogP contribution in [0, 0.1) is 0 Å². The highest BCUT2D eigenvalue weighted by Crippen LogP contribution is 2.42. The zero-order valence-corrected chi connectivity index (χ0v) is 13.2. The first-order valence-electron chi connectivity index (χ1n) is 8.07. The first-order valence-corrected chi connectivity index (χ1v) is 8.07. The van der Waals surface area contributed by atoms with E-state index < -0.39 is 5.60 Å². The second-order valence-electron chi connectivity index (χ2n) is 6.55. The lowest BCUT2D eigenvalue weighted by Crippen LogP contribution is -2.51. The van der Waals surface area contributed by atoms with E-state index >= 15 is 0 Å². The smallest absolute Gasteiger partial charge is 0.219 e. The fourth-order valence-corrected chi connectivity index (χ4v) is 3.72. The molecular formula is C19H19NO3. The first kappa shape index (κ1) is 14.2. The normalized spacial score (nSPS) is 19.5. The Morgan fingerprint density at radius 1 is 1.13 bits per heavy atom. The molecule has 2 aliphatic rings. The number of nitrogens with zero attached hydrogens (tertiary/aromatic N) is 1. The number of piperidine rings is 1. The van der Waals surface area contributed by atoms with E-state index in [9.17, 15) is 9.59 Å². The van der Waals surface area contributed by atoms with Gasteiger partial charge in [-0.05, 0) is 11.5 Å². The standard InChI is InChI=1S/C19H19NO3/c1-13(21)20-10-8-19(9-11-20)12-17(22)16-7-6-14-4-2-3-5-15(14)18(16)23-19/h2-7H,8-12H2,1H3. The number of rotatable bonds is 0. The minimum Gasteiger partial charge on any atom is -0.485 e. The molecule has 118 valence electrons. The maximum absolute atomic E-state index is 12.7. The molecular weight excluding hydrogens is 290 g/mol. The van der Waals surface area contributed by atoms with Gasteiger partial charge >= 0.3 is 0 Å². The number of amides is 1. The van der Waals surface area contributed by atoms with Crippen LogP contribution in [0.3, 0.4) is 0 Å². The Balaban J connectivity index is 1.73. The number of hydrogen-bond donors (Lipinski definition) is 0.